The van der Waals surface area contributed by atoms with E-state index >= 15 is 0 Å². The lowest BCUT2D eigenvalue weighted by molar-refractivity contribution is -0.131. The normalized spacial score (nSPS) is 15.7. The molecule has 0 saturated carbocycles. The van der Waals surface area contributed by atoms with Crippen molar-refractivity contribution >= 4 is 23.4 Å². The molecule has 0 spiro atoms. The SMILES string of the molecule is CC(C)CC(=O)NC1CCN(C(=O)Cc2ccc(Cl)cc2)CC1. The van der Waals surface area contributed by atoms with E-state index < -0.39 is 0 Å². The molecule has 1 aromatic rings. The lowest BCUT2D eigenvalue weighted by Crippen LogP contribution is -2.47. The Hall–Kier alpha value is -1.55. The molecule has 0 radical (unpaired) electrons. The fourth-order valence-electron chi connectivity index (χ4n) is 2.82. The average Bonchev–Trinajstić information content (AvgIpc) is 2.49. The number of amides is 2. The molecule has 1 aliphatic rings. The molecule has 2 rings (SSSR count). The number of carbonyl (C=O) groups excluding carboxylic acids is 2. The first kappa shape index (κ1) is 17.8. The number of halogens is 1. The van der Waals surface area contributed by atoms with Crippen LogP contribution in [0.15, 0.2) is 24.3 Å². The molecule has 1 aliphatic heterocycles. The minimum Gasteiger partial charge on any atom is -0.353 e. The van der Waals surface area contributed by atoms with Crippen LogP contribution in [0.5, 0.6) is 0 Å². The van der Waals surface area contributed by atoms with Gasteiger partial charge in [0.05, 0.1) is 6.42 Å². The van der Waals surface area contributed by atoms with Crippen molar-refractivity contribution in [1.82, 2.24) is 10.2 Å². The fourth-order valence-corrected chi connectivity index (χ4v) is 2.95. The lowest BCUT2D eigenvalue weighted by Gasteiger charge is -2.32. The van der Waals surface area contributed by atoms with E-state index in [-0.39, 0.29) is 17.9 Å². The Balaban J connectivity index is 1.76. The predicted molar refractivity (Wildman–Crippen MR) is 92.4 cm³/mol. The van der Waals surface area contributed by atoms with Gasteiger partial charge in [-0.1, -0.05) is 37.6 Å². The molecule has 4 nitrogen and oxygen atoms in total. The molecule has 1 fully saturated rings. The molecule has 2 amide bonds. The molecular formula is C18H25ClN2O2. The summed E-state index contributed by atoms with van der Waals surface area (Å²) in [6, 6.07) is 7.58. The molecule has 1 N–H and O–H groups in total. The molecule has 5 heteroatoms. The number of nitrogens with one attached hydrogen (secondary N) is 1. The van der Waals surface area contributed by atoms with Gasteiger partial charge in [-0.3, -0.25) is 9.59 Å². The monoisotopic (exact) mass is 336 g/mol. The Morgan fingerprint density at radius 3 is 2.39 bits per heavy atom. The predicted octanol–water partition coefficient (Wildman–Crippen LogP) is 3.04. The third kappa shape index (κ3) is 5.87. The Labute approximate surface area is 143 Å². The highest BCUT2D eigenvalue weighted by Crippen LogP contribution is 2.15. The molecular weight excluding hydrogens is 312 g/mol. The van der Waals surface area contributed by atoms with Crippen molar-refractivity contribution in [3.8, 4) is 0 Å². The van der Waals surface area contributed by atoms with Crippen LogP contribution in [0.1, 0.15) is 38.7 Å². The van der Waals surface area contributed by atoms with E-state index in [1.807, 2.05) is 30.9 Å². The molecule has 1 heterocycles. The summed E-state index contributed by atoms with van der Waals surface area (Å²) in [5, 5.41) is 3.75. The standard InChI is InChI=1S/C18H25ClN2O2/c1-13(2)11-17(22)20-16-7-9-21(10-8-16)18(23)12-14-3-5-15(19)6-4-14/h3-6,13,16H,7-12H2,1-2H3,(H,20,22). The number of nitrogens with zero attached hydrogens (tertiary/aromatic N) is 1. The first-order chi connectivity index (χ1) is 10.9. The lowest BCUT2D eigenvalue weighted by atomic mass is 10.0. The van der Waals surface area contributed by atoms with Gasteiger partial charge in [0.1, 0.15) is 0 Å². The van der Waals surface area contributed by atoms with Gasteiger partial charge in [-0.05, 0) is 36.5 Å². The molecule has 0 atom stereocenters. The minimum atomic E-state index is 0.117. The van der Waals surface area contributed by atoms with Crippen LogP contribution in [-0.4, -0.2) is 35.8 Å². The zero-order chi connectivity index (χ0) is 16.8. The molecule has 23 heavy (non-hydrogen) atoms. The van der Waals surface area contributed by atoms with Gasteiger partial charge in [0.15, 0.2) is 0 Å². The van der Waals surface area contributed by atoms with Crippen LogP contribution < -0.4 is 5.32 Å². The summed E-state index contributed by atoms with van der Waals surface area (Å²) in [6.45, 7) is 5.49. The van der Waals surface area contributed by atoms with Gasteiger partial charge in [-0.2, -0.15) is 0 Å². The van der Waals surface area contributed by atoms with Crippen LogP contribution in [0.2, 0.25) is 5.02 Å². The Kier molecular flexibility index (Phi) is 6.46. The molecule has 126 valence electrons. The van der Waals surface area contributed by atoms with Gasteiger partial charge in [0.25, 0.3) is 0 Å². The summed E-state index contributed by atoms with van der Waals surface area (Å²) < 4.78 is 0. The van der Waals surface area contributed by atoms with E-state index in [0.29, 0.717) is 36.9 Å². The third-order valence-electron chi connectivity index (χ3n) is 4.08. The highest BCUT2D eigenvalue weighted by atomic mass is 35.5. The van der Waals surface area contributed by atoms with Gasteiger partial charge < -0.3 is 10.2 Å². The van der Waals surface area contributed by atoms with Crippen LogP contribution >= 0.6 is 11.6 Å². The van der Waals surface area contributed by atoms with Crippen molar-refractivity contribution in [2.45, 2.75) is 45.6 Å². The number of hydrogen-bond donors (Lipinski definition) is 1. The summed E-state index contributed by atoms with van der Waals surface area (Å²) in [6.07, 6.45) is 2.63. The average molecular weight is 337 g/mol. The van der Waals surface area contributed by atoms with E-state index in [1.54, 1.807) is 12.1 Å². The molecule has 0 aliphatic carbocycles. The Morgan fingerprint density at radius 1 is 1.22 bits per heavy atom. The maximum Gasteiger partial charge on any atom is 0.226 e. The van der Waals surface area contributed by atoms with E-state index in [4.69, 9.17) is 11.6 Å². The quantitative estimate of drug-likeness (QED) is 0.898. The zero-order valence-electron chi connectivity index (χ0n) is 13.8. The highest BCUT2D eigenvalue weighted by molar-refractivity contribution is 6.30. The van der Waals surface area contributed by atoms with Crippen molar-refractivity contribution in [2.75, 3.05) is 13.1 Å². The number of likely N-dealkylation sites (tertiary alicyclic amines) is 1. The Morgan fingerprint density at radius 2 is 1.83 bits per heavy atom. The van der Waals surface area contributed by atoms with Crippen LogP contribution in [0.25, 0.3) is 0 Å². The summed E-state index contributed by atoms with van der Waals surface area (Å²) >= 11 is 5.86. The Bertz CT molecular complexity index is 534. The second kappa shape index (κ2) is 8.34. The van der Waals surface area contributed by atoms with E-state index in [9.17, 15) is 9.59 Å². The largest absolute Gasteiger partial charge is 0.353 e. The molecule has 1 saturated heterocycles. The highest BCUT2D eigenvalue weighted by Gasteiger charge is 2.23. The zero-order valence-corrected chi connectivity index (χ0v) is 14.6. The summed E-state index contributed by atoms with van der Waals surface area (Å²) in [5.74, 6) is 0.626. The van der Waals surface area contributed by atoms with Crippen LogP contribution in [0, 0.1) is 5.92 Å². The molecule has 0 aromatic heterocycles. The minimum absolute atomic E-state index is 0.117. The van der Waals surface area contributed by atoms with Crippen molar-refractivity contribution in [3.05, 3.63) is 34.9 Å². The van der Waals surface area contributed by atoms with Gasteiger partial charge in [0, 0.05) is 30.6 Å². The number of piperidine rings is 1. The van der Waals surface area contributed by atoms with E-state index in [1.165, 1.54) is 0 Å². The second-order valence-electron chi connectivity index (χ2n) is 6.62. The summed E-state index contributed by atoms with van der Waals surface area (Å²) in [4.78, 5) is 26.0. The molecule has 1 aromatic carbocycles. The smallest absolute Gasteiger partial charge is 0.226 e. The van der Waals surface area contributed by atoms with Crippen LogP contribution in [0.3, 0.4) is 0 Å². The van der Waals surface area contributed by atoms with Crippen molar-refractivity contribution in [2.24, 2.45) is 5.92 Å². The van der Waals surface area contributed by atoms with Gasteiger partial charge in [0.2, 0.25) is 11.8 Å². The van der Waals surface area contributed by atoms with Gasteiger partial charge in [-0.25, -0.2) is 0 Å². The second-order valence-corrected chi connectivity index (χ2v) is 7.06. The molecule has 0 unspecified atom stereocenters. The van der Waals surface area contributed by atoms with Crippen molar-refractivity contribution < 1.29 is 9.59 Å². The summed E-state index contributed by atoms with van der Waals surface area (Å²) in [5.41, 5.74) is 0.978. The van der Waals surface area contributed by atoms with Crippen LogP contribution in [-0.2, 0) is 16.0 Å². The van der Waals surface area contributed by atoms with E-state index in [0.717, 1.165) is 18.4 Å². The molecule has 0 bridgehead atoms. The number of rotatable bonds is 5. The number of carbonyl (C=O) groups is 2. The maximum atomic E-state index is 12.3. The number of hydrogen-bond acceptors (Lipinski definition) is 2. The van der Waals surface area contributed by atoms with Crippen molar-refractivity contribution in [3.63, 3.8) is 0 Å². The fraction of sp³-hybridized carbons (Fsp3) is 0.556. The third-order valence-corrected chi connectivity index (χ3v) is 4.33. The van der Waals surface area contributed by atoms with E-state index in [2.05, 4.69) is 5.32 Å². The first-order valence-corrected chi connectivity index (χ1v) is 8.63. The van der Waals surface area contributed by atoms with Crippen LogP contribution in [0.4, 0.5) is 0 Å². The topological polar surface area (TPSA) is 49.4 Å². The maximum absolute atomic E-state index is 12.3. The summed E-state index contributed by atoms with van der Waals surface area (Å²) in [7, 11) is 0. The first-order valence-electron chi connectivity index (χ1n) is 8.25. The van der Waals surface area contributed by atoms with Crippen molar-refractivity contribution in [1.29, 1.82) is 0 Å². The van der Waals surface area contributed by atoms with Gasteiger partial charge in [-0.15, -0.1) is 0 Å². The number of benzene rings is 1. The van der Waals surface area contributed by atoms with Gasteiger partial charge >= 0.3 is 0 Å².